The first kappa shape index (κ1) is 18.4. The maximum absolute atomic E-state index is 13.2. The van der Waals surface area contributed by atoms with Gasteiger partial charge in [0.05, 0.1) is 29.5 Å². The summed E-state index contributed by atoms with van der Waals surface area (Å²) < 4.78 is 32.9. The Kier molecular flexibility index (Phi) is 4.71. The summed E-state index contributed by atoms with van der Waals surface area (Å²) >= 11 is 0. The minimum atomic E-state index is -3.71. The molecule has 8 heteroatoms. The van der Waals surface area contributed by atoms with Crippen LogP contribution in [0.25, 0.3) is 0 Å². The topological polar surface area (TPSA) is 84.0 Å². The van der Waals surface area contributed by atoms with Gasteiger partial charge in [-0.2, -0.15) is 4.31 Å². The smallest absolute Gasteiger partial charge is 0.310 e. The number of carbonyl (C=O) groups excluding carboxylic acids is 2. The molecular formula is C19H24N2O5S. The first-order chi connectivity index (χ1) is 12.9. The number of esters is 1. The van der Waals surface area contributed by atoms with Gasteiger partial charge in [0.2, 0.25) is 15.9 Å². The number of anilines is 1. The van der Waals surface area contributed by atoms with E-state index in [1.807, 2.05) is 0 Å². The molecule has 0 saturated carbocycles. The van der Waals surface area contributed by atoms with E-state index in [9.17, 15) is 18.0 Å². The number of sulfonamides is 1. The fourth-order valence-corrected chi connectivity index (χ4v) is 5.98. The zero-order valence-electron chi connectivity index (χ0n) is 15.4. The largest absolute Gasteiger partial charge is 0.466 e. The zero-order chi connectivity index (χ0) is 19.2. The molecule has 146 valence electrons. The predicted octanol–water partition coefficient (Wildman–Crippen LogP) is 1.49. The number of amides is 1. The van der Waals surface area contributed by atoms with E-state index >= 15 is 0 Å². The van der Waals surface area contributed by atoms with Crippen molar-refractivity contribution in [2.75, 3.05) is 31.1 Å². The van der Waals surface area contributed by atoms with Crippen molar-refractivity contribution >= 4 is 27.6 Å². The van der Waals surface area contributed by atoms with E-state index in [2.05, 4.69) is 0 Å². The monoisotopic (exact) mass is 392 g/mol. The molecule has 4 rings (SSSR count). The van der Waals surface area contributed by atoms with Crippen molar-refractivity contribution in [1.29, 1.82) is 0 Å². The Bertz CT molecular complexity index is 896. The van der Waals surface area contributed by atoms with E-state index in [0.29, 0.717) is 32.5 Å². The van der Waals surface area contributed by atoms with E-state index in [1.54, 1.807) is 24.0 Å². The predicted molar refractivity (Wildman–Crippen MR) is 98.9 cm³/mol. The number of carbonyl (C=O) groups is 2. The Morgan fingerprint density at radius 3 is 2.78 bits per heavy atom. The van der Waals surface area contributed by atoms with Crippen LogP contribution in [0.5, 0.6) is 0 Å². The Hall–Kier alpha value is -1.93. The van der Waals surface area contributed by atoms with Crippen LogP contribution in [0.3, 0.4) is 0 Å². The second kappa shape index (κ2) is 6.91. The lowest BCUT2D eigenvalue weighted by Crippen LogP contribution is -2.42. The molecular weight excluding hydrogens is 368 g/mol. The van der Waals surface area contributed by atoms with Crippen LogP contribution in [-0.2, 0) is 37.2 Å². The second-order valence-electron chi connectivity index (χ2n) is 7.37. The highest BCUT2D eigenvalue weighted by atomic mass is 32.2. The summed E-state index contributed by atoms with van der Waals surface area (Å²) in [5, 5.41) is 0. The molecule has 1 aromatic carbocycles. The van der Waals surface area contributed by atoms with Crippen LogP contribution in [0, 0.1) is 5.92 Å². The van der Waals surface area contributed by atoms with Gasteiger partial charge in [-0.3, -0.25) is 9.59 Å². The fraction of sp³-hybridized carbons (Fsp3) is 0.579. The summed E-state index contributed by atoms with van der Waals surface area (Å²) in [5.41, 5.74) is 2.64. The van der Waals surface area contributed by atoms with Gasteiger partial charge in [0.1, 0.15) is 0 Å². The van der Waals surface area contributed by atoms with Gasteiger partial charge in [0, 0.05) is 19.6 Å². The van der Waals surface area contributed by atoms with Gasteiger partial charge in [0.25, 0.3) is 0 Å². The molecule has 3 heterocycles. The van der Waals surface area contributed by atoms with Gasteiger partial charge in [-0.25, -0.2) is 8.42 Å². The summed E-state index contributed by atoms with van der Waals surface area (Å²) in [6.07, 6.45) is 3.16. The molecule has 0 N–H and O–H groups in total. The summed E-state index contributed by atoms with van der Waals surface area (Å²) in [6, 6.07) is 3.36. The van der Waals surface area contributed by atoms with Crippen LogP contribution in [0.15, 0.2) is 17.0 Å². The number of rotatable bonds is 4. The summed E-state index contributed by atoms with van der Waals surface area (Å²) in [6.45, 7) is 3.29. The van der Waals surface area contributed by atoms with Crippen LogP contribution in [0.4, 0.5) is 5.69 Å². The van der Waals surface area contributed by atoms with Crippen LogP contribution in [0.1, 0.15) is 37.3 Å². The summed E-state index contributed by atoms with van der Waals surface area (Å²) in [5.74, 6) is -0.707. The molecule has 1 fully saturated rings. The molecule has 1 aromatic rings. The average molecular weight is 392 g/mol. The molecule has 1 unspecified atom stereocenters. The van der Waals surface area contributed by atoms with E-state index in [-0.39, 0.29) is 29.7 Å². The Balaban J connectivity index is 1.64. The number of nitrogens with zero attached hydrogens (tertiary/aromatic N) is 2. The van der Waals surface area contributed by atoms with Crippen molar-refractivity contribution in [1.82, 2.24) is 4.31 Å². The highest BCUT2D eigenvalue weighted by Crippen LogP contribution is 2.39. The van der Waals surface area contributed by atoms with E-state index in [0.717, 1.165) is 29.7 Å². The quantitative estimate of drug-likeness (QED) is 0.725. The van der Waals surface area contributed by atoms with Gasteiger partial charge in [-0.15, -0.1) is 0 Å². The van der Waals surface area contributed by atoms with Crippen molar-refractivity contribution in [2.24, 2.45) is 5.92 Å². The number of hydrogen-bond donors (Lipinski definition) is 0. The van der Waals surface area contributed by atoms with Gasteiger partial charge in [-0.05, 0) is 55.9 Å². The highest BCUT2D eigenvalue weighted by Gasteiger charge is 2.37. The summed E-state index contributed by atoms with van der Waals surface area (Å²) in [4.78, 5) is 26.3. The molecule has 3 aliphatic rings. The van der Waals surface area contributed by atoms with Crippen LogP contribution in [-0.4, -0.2) is 50.8 Å². The number of aryl methyl sites for hydroxylation is 1. The molecule has 0 aromatic heterocycles. The Morgan fingerprint density at radius 1 is 1.22 bits per heavy atom. The van der Waals surface area contributed by atoms with E-state index < -0.39 is 15.9 Å². The lowest BCUT2D eigenvalue weighted by atomic mass is 10.00. The third-order valence-corrected chi connectivity index (χ3v) is 7.47. The summed E-state index contributed by atoms with van der Waals surface area (Å²) in [7, 11) is -3.71. The Labute approximate surface area is 159 Å². The third-order valence-electron chi connectivity index (χ3n) is 5.62. The first-order valence-electron chi connectivity index (χ1n) is 9.54. The molecule has 3 aliphatic heterocycles. The maximum atomic E-state index is 13.2. The Morgan fingerprint density at radius 2 is 2.00 bits per heavy atom. The minimum Gasteiger partial charge on any atom is -0.466 e. The van der Waals surface area contributed by atoms with Crippen LogP contribution >= 0.6 is 0 Å². The molecule has 0 spiro atoms. The average Bonchev–Trinajstić information content (AvgIpc) is 2.99. The van der Waals surface area contributed by atoms with Gasteiger partial charge in [-0.1, -0.05) is 0 Å². The number of piperidine rings is 1. The first-order valence-corrected chi connectivity index (χ1v) is 11.0. The molecule has 27 heavy (non-hydrogen) atoms. The molecule has 1 atom stereocenters. The lowest BCUT2D eigenvalue weighted by Gasteiger charge is -2.31. The van der Waals surface area contributed by atoms with E-state index in [4.69, 9.17) is 4.74 Å². The zero-order valence-corrected chi connectivity index (χ0v) is 16.3. The van der Waals surface area contributed by atoms with Crippen LogP contribution in [0.2, 0.25) is 0 Å². The standard InChI is InChI=1S/C19H24N2O5S/c1-2-26-19(23)14-6-3-7-20(12-14)27(24,25)16-9-13-5-4-8-21-17(22)11-15(10-16)18(13)21/h9-10,14H,2-8,11-12H2,1H3. The number of ether oxygens (including phenoxy) is 1. The van der Waals surface area contributed by atoms with Crippen molar-refractivity contribution in [3.63, 3.8) is 0 Å². The highest BCUT2D eigenvalue weighted by molar-refractivity contribution is 7.89. The van der Waals surface area contributed by atoms with Crippen molar-refractivity contribution in [2.45, 2.75) is 43.9 Å². The molecule has 1 saturated heterocycles. The lowest BCUT2D eigenvalue weighted by molar-refractivity contribution is -0.149. The number of benzene rings is 1. The molecule has 0 aliphatic carbocycles. The SMILES string of the molecule is CCOC(=O)C1CCCN(S(=O)(=O)c2cc3c4c(c2)CC(=O)N4CCC3)C1. The minimum absolute atomic E-state index is 0.0424. The molecule has 1 amide bonds. The molecule has 0 bridgehead atoms. The van der Waals surface area contributed by atoms with Crippen LogP contribution < -0.4 is 4.90 Å². The number of hydrogen-bond acceptors (Lipinski definition) is 5. The van der Waals surface area contributed by atoms with Gasteiger partial charge >= 0.3 is 5.97 Å². The third kappa shape index (κ3) is 3.14. The molecule has 0 radical (unpaired) electrons. The van der Waals surface area contributed by atoms with Gasteiger partial charge in [0.15, 0.2) is 0 Å². The van der Waals surface area contributed by atoms with Crippen molar-refractivity contribution < 1.29 is 22.7 Å². The van der Waals surface area contributed by atoms with E-state index in [1.165, 1.54) is 4.31 Å². The normalized spacial score (nSPS) is 22.6. The van der Waals surface area contributed by atoms with Gasteiger partial charge < -0.3 is 9.64 Å². The van der Waals surface area contributed by atoms with Crippen molar-refractivity contribution in [3.05, 3.63) is 23.3 Å². The van der Waals surface area contributed by atoms with Crippen molar-refractivity contribution in [3.8, 4) is 0 Å². The fourth-order valence-electron chi connectivity index (χ4n) is 4.36. The molecule has 7 nitrogen and oxygen atoms in total. The second-order valence-corrected chi connectivity index (χ2v) is 9.31. The maximum Gasteiger partial charge on any atom is 0.310 e.